The van der Waals surface area contributed by atoms with Crippen molar-refractivity contribution in [3.63, 3.8) is 0 Å². The van der Waals surface area contributed by atoms with E-state index in [9.17, 15) is 4.79 Å². The standard InChI is InChI=1S/C19H12Br2N2O2S/c20-12-7-8-16-17(10-12)26-19(22-16)23(11-13-4-3-9-25-13)18(24)14-5-1-2-6-15(14)21/h1-10H,11H2. The van der Waals surface area contributed by atoms with Crippen LogP contribution >= 0.6 is 43.2 Å². The fourth-order valence-electron chi connectivity index (χ4n) is 2.57. The van der Waals surface area contributed by atoms with Gasteiger partial charge in [0.25, 0.3) is 5.91 Å². The number of rotatable bonds is 4. The molecule has 26 heavy (non-hydrogen) atoms. The number of nitrogens with zero attached hydrogens (tertiary/aromatic N) is 2. The third kappa shape index (κ3) is 3.47. The van der Waals surface area contributed by atoms with Gasteiger partial charge < -0.3 is 4.42 Å². The maximum Gasteiger partial charge on any atom is 0.261 e. The maximum absolute atomic E-state index is 13.2. The van der Waals surface area contributed by atoms with Crippen LogP contribution in [0.2, 0.25) is 0 Å². The molecule has 0 atom stereocenters. The number of benzene rings is 2. The van der Waals surface area contributed by atoms with Gasteiger partial charge in [0, 0.05) is 8.95 Å². The van der Waals surface area contributed by atoms with Crippen LogP contribution in [0, 0.1) is 0 Å². The molecule has 0 aliphatic heterocycles. The summed E-state index contributed by atoms with van der Waals surface area (Å²) in [4.78, 5) is 19.6. The normalized spacial score (nSPS) is 11.0. The lowest BCUT2D eigenvalue weighted by molar-refractivity contribution is 0.0982. The van der Waals surface area contributed by atoms with Crippen LogP contribution in [0.4, 0.5) is 5.13 Å². The Morgan fingerprint density at radius 2 is 1.96 bits per heavy atom. The molecule has 0 unspecified atom stereocenters. The number of amides is 1. The van der Waals surface area contributed by atoms with Crippen LogP contribution in [-0.4, -0.2) is 10.9 Å². The molecule has 2 aromatic heterocycles. The number of furan rings is 1. The molecule has 1 amide bonds. The zero-order valence-corrected chi connectivity index (χ0v) is 17.3. The molecule has 2 heterocycles. The van der Waals surface area contributed by atoms with Gasteiger partial charge in [-0.2, -0.15) is 0 Å². The number of aromatic nitrogens is 1. The summed E-state index contributed by atoms with van der Waals surface area (Å²) in [6, 6.07) is 16.9. The number of thiazole rings is 1. The number of halogens is 2. The van der Waals surface area contributed by atoms with Gasteiger partial charge >= 0.3 is 0 Å². The lowest BCUT2D eigenvalue weighted by Crippen LogP contribution is -2.30. The molecule has 130 valence electrons. The number of hydrogen-bond acceptors (Lipinski definition) is 4. The van der Waals surface area contributed by atoms with Gasteiger partial charge in [-0.25, -0.2) is 4.98 Å². The van der Waals surface area contributed by atoms with Crippen LogP contribution in [0.5, 0.6) is 0 Å². The Morgan fingerprint density at radius 1 is 1.12 bits per heavy atom. The summed E-state index contributed by atoms with van der Waals surface area (Å²) in [5.41, 5.74) is 1.44. The number of hydrogen-bond donors (Lipinski definition) is 0. The Bertz CT molecular complexity index is 1080. The molecule has 0 bridgehead atoms. The SMILES string of the molecule is O=C(c1ccccc1Br)N(Cc1ccco1)c1nc2ccc(Br)cc2s1. The Balaban J connectivity index is 1.79. The van der Waals surface area contributed by atoms with Crippen molar-refractivity contribution < 1.29 is 9.21 Å². The van der Waals surface area contributed by atoms with Gasteiger partial charge in [0.05, 0.1) is 28.6 Å². The lowest BCUT2D eigenvalue weighted by Gasteiger charge is -2.19. The molecule has 0 saturated carbocycles. The highest BCUT2D eigenvalue weighted by Gasteiger charge is 2.24. The zero-order valence-electron chi connectivity index (χ0n) is 13.4. The Hall–Kier alpha value is -1.96. The van der Waals surface area contributed by atoms with Gasteiger partial charge in [-0.05, 0) is 58.4 Å². The van der Waals surface area contributed by atoms with Crippen molar-refractivity contribution >= 4 is 64.5 Å². The molecule has 4 nitrogen and oxygen atoms in total. The van der Waals surface area contributed by atoms with Gasteiger partial charge in [0.15, 0.2) is 5.13 Å². The first-order chi connectivity index (χ1) is 12.6. The Morgan fingerprint density at radius 3 is 2.73 bits per heavy atom. The summed E-state index contributed by atoms with van der Waals surface area (Å²) in [5.74, 6) is 0.567. The second-order valence-corrected chi connectivity index (χ2v) is 8.34. The van der Waals surface area contributed by atoms with E-state index in [1.54, 1.807) is 17.2 Å². The van der Waals surface area contributed by atoms with Crippen LogP contribution in [0.1, 0.15) is 16.1 Å². The van der Waals surface area contributed by atoms with E-state index in [1.807, 2.05) is 48.5 Å². The molecule has 0 aliphatic carbocycles. The molecule has 0 saturated heterocycles. The maximum atomic E-state index is 13.2. The van der Waals surface area contributed by atoms with Crippen molar-refractivity contribution in [1.29, 1.82) is 0 Å². The summed E-state index contributed by atoms with van der Waals surface area (Å²) in [6.07, 6.45) is 1.60. The molecule has 0 aliphatic rings. The number of anilines is 1. The minimum Gasteiger partial charge on any atom is -0.467 e. The fraction of sp³-hybridized carbons (Fsp3) is 0.0526. The second-order valence-electron chi connectivity index (χ2n) is 5.56. The highest BCUT2D eigenvalue weighted by atomic mass is 79.9. The van der Waals surface area contributed by atoms with Gasteiger partial charge in [-0.15, -0.1) is 0 Å². The summed E-state index contributed by atoms with van der Waals surface area (Å²) >= 11 is 8.42. The number of fused-ring (bicyclic) bond motifs is 1. The van der Waals surface area contributed by atoms with E-state index in [4.69, 9.17) is 4.42 Å². The largest absolute Gasteiger partial charge is 0.467 e. The number of carbonyl (C=O) groups excluding carboxylic acids is 1. The lowest BCUT2D eigenvalue weighted by atomic mass is 10.2. The minimum absolute atomic E-state index is 0.132. The van der Waals surface area contributed by atoms with E-state index in [0.717, 1.165) is 19.2 Å². The third-order valence-electron chi connectivity index (χ3n) is 3.81. The molecule has 0 spiro atoms. The molecule has 0 N–H and O–H groups in total. The Labute approximate surface area is 170 Å². The summed E-state index contributed by atoms with van der Waals surface area (Å²) in [6.45, 7) is 0.314. The van der Waals surface area contributed by atoms with Gasteiger partial charge in [0.2, 0.25) is 0 Å². The minimum atomic E-state index is -0.132. The second kappa shape index (κ2) is 7.34. The van der Waals surface area contributed by atoms with Crippen LogP contribution in [0.15, 0.2) is 74.2 Å². The highest BCUT2D eigenvalue weighted by molar-refractivity contribution is 9.10. The molecule has 2 aromatic carbocycles. The van der Waals surface area contributed by atoms with Crippen LogP contribution in [0.25, 0.3) is 10.2 Å². The molecule has 7 heteroatoms. The first-order valence-electron chi connectivity index (χ1n) is 7.77. The predicted molar refractivity (Wildman–Crippen MR) is 111 cm³/mol. The van der Waals surface area contributed by atoms with Crippen molar-refractivity contribution in [2.24, 2.45) is 0 Å². The first-order valence-corrected chi connectivity index (χ1v) is 10.2. The van der Waals surface area contributed by atoms with E-state index >= 15 is 0 Å². The van der Waals surface area contributed by atoms with Gasteiger partial charge in [-0.1, -0.05) is 39.4 Å². The van der Waals surface area contributed by atoms with E-state index < -0.39 is 0 Å². The van der Waals surface area contributed by atoms with E-state index in [-0.39, 0.29) is 5.91 Å². The first kappa shape index (κ1) is 17.5. The van der Waals surface area contributed by atoms with E-state index in [2.05, 4.69) is 36.8 Å². The molecule has 4 aromatic rings. The summed E-state index contributed by atoms with van der Waals surface area (Å²) < 4.78 is 8.20. The van der Waals surface area contributed by atoms with E-state index in [0.29, 0.717) is 23.0 Å². The molecular weight excluding hydrogens is 480 g/mol. The van der Waals surface area contributed by atoms with Crippen molar-refractivity contribution in [1.82, 2.24) is 4.98 Å². The van der Waals surface area contributed by atoms with Crippen LogP contribution < -0.4 is 4.90 Å². The van der Waals surface area contributed by atoms with Gasteiger partial charge in [0.1, 0.15) is 5.76 Å². The monoisotopic (exact) mass is 490 g/mol. The topological polar surface area (TPSA) is 46.3 Å². The Kier molecular flexibility index (Phi) is 4.93. The molecule has 0 fully saturated rings. The van der Waals surface area contributed by atoms with Crippen LogP contribution in [-0.2, 0) is 6.54 Å². The van der Waals surface area contributed by atoms with Gasteiger partial charge in [-0.3, -0.25) is 9.69 Å². The smallest absolute Gasteiger partial charge is 0.261 e. The zero-order chi connectivity index (χ0) is 18.1. The average Bonchev–Trinajstić information content (AvgIpc) is 3.28. The van der Waals surface area contributed by atoms with Crippen molar-refractivity contribution in [2.75, 3.05) is 4.90 Å². The molecular formula is C19H12Br2N2O2S. The number of carbonyl (C=O) groups is 1. The van der Waals surface area contributed by atoms with Crippen molar-refractivity contribution in [3.8, 4) is 0 Å². The summed E-state index contributed by atoms with van der Waals surface area (Å²) in [5, 5.41) is 0.634. The quantitative estimate of drug-likeness (QED) is 0.338. The predicted octanol–water partition coefficient (Wildman–Crippen LogP) is 6.26. The highest BCUT2D eigenvalue weighted by Crippen LogP contribution is 2.33. The average molecular weight is 492 g/mol. The summed E-state index contributed by atoms with van der Waals surface area (Å²) in [7, 11) is 0. The fourth-order valence-corrected chi connectivity index (χ4v) is 4.54. The molecule has 4 rings (SSSR count). The van der Waals surface area contributed by atoms with Crippen LogP contribution in [0.3, 0.4) is 0 Å². The van der Waals surface area contributed by atoms with E-state index in [1.165, 1.54) is 11.3 Å². The van der Waals surface area contributed by atoms with Crippen molar-refractivity contribution in [3.05, 3.63) is 81.1 Å². The third-order valence-corrected chi connectivity index (χ3v) is 6.04. The molecule has 0 radical (unpaired) electrons. The van der Waals surface area contributed by atoms with Crippen molar-refractivity contribution in [2.45, 2.75) is 6.54 Å².